The lowest BCUT2D eigenvalue weighted by Crippen LogP contribution is -2.13. The molecule has 1 aromatic carbocycles. The van der Waals surface area contributed by atoms with Gasteiger partial charge in [-0.05, 0) is 53.8 Å². The largest absolute Gasteiger partial charge is 0.464 e. The number of nitrogens with zero attached hydrogens (tertiary/aromatic N) is 3. The van der Waals surface area contributed by atoms with Gasteiger partial charge in [-0.15, -0.1) is 0 Å². The molecule has 0 saturated heterocycles. The molecule has 2 aromatic heterocycles. The van der Waals surface area contributed by atoms with E-state index in [1.54, 1.807) is 6.92 Å². The molecule has 0 radical (unpaired) electrons. The van der Waals surface area contributed by atoms with Crippen molar-refractivity contribution in [2.45, 2.75) is 6.92 Å². The molecule has 0 atom stereocenters. The van der Waals surface area contributed by atoms with Crippen LogP contribution >= 0.6 is 22.6 Å². The average Bonchev–Trinajstić information content (AvgIpc) is 3.02. The molecule has 0 fully saturated rings. The maximum Gasteiger partial charge on any atom is 0.353 e. The zero-order valence-electron chi connectivity index (χ0n) is 13.2. The Morgan fingerprint density at radius 3 is 2.67 bits per heavy atom. The molecule has 0 aliphatic heterocycles. The van der Waals surface area contributed by atoms with Crippen LogP contribution in [0.3, 0.4) is 0 Å². The summed E-state index contributed by atoms with van der Waals surface area (Å²) in [6.07, 6.45) is 4.03. The van der Waals surface area contributed by atoms with Crippen LogP contribution in [0, 0.1) is 3.57 Å². The molecule has 24 heavy (non-hydrogen) atoms. The molecule has 3 aromatic rings. The van der Waals surface area contributed by atoms with Crippen LogP contribution in [0.2, 0.25) is 0 Å². The predicted octanol–water partition coefficient (Wildman–Crippen LogP) is 3.57. The van der Waals surface area contributed by atoms with Gasteiger partial charge in [-0.2, -0.15) is 5.10 Å². The number of pyridine rings is 1. The molecule has 0 aliphatic rings. The Hall–Kier alpha value is -2.42. The first kappa shape index (κ1) is 16.4. The van der Waals surface area contributed by atoms with E-state index in [1.165, 1.54) is 7.11 Å². The van der Waals surface area contributed by atoms with E-state index in [4.69, 9.17) is 0 Å². The maximum atomic E-state index is 11.3. The molecular formula is C17H15IN4O2. The van der Waals surface area contributed by atoms with Crippen molar-refractivity contribution >= 4 is 45.6 Å². The second-order valence-electron chi connectivity index (χ2n) is 5.12. The third-order valence-corrected chi connectivity index (χ3v) is 4.07. The van der Waals surface area contributed by atoms with Gasteiger partial charge in [-0.3, -0.25) is 5.43 Å². The number of ether oxygens (including phenoxy) is 1. The molecule has 6 nitrogen and oxygen atoms in total. The summed E-state index contributed by atoms with van der Waals surface area (Å²) in [4.78, 5) is 15.9. The van der Waals surface area contributed by atoms with E-state index in [2.05, 4.69) is 42.8 Å². The van der Waals surface area contributed by atoms with Gasteiger partial charge in [0, 0.05) is 21.5 Å². The Bertz CT molecular complexity index is 916. The minimum atomic E-state index is -0.460. The number of imidazole rings is 1. The Balaban J connectivity index is 1.79. The van der Waals surface area contributed by atoms with Gasteiger partial charge in [0.2, 0.25) is 0 Å². The highest BCUT2D eigenvalue weighted by molar-refractivity contribution is 14.1. The van der Waals surface area contributed by atoms with Gasteiger partial charge in [0.1, 0.15) is 11.4 Å². The zero-order valence-corrected chi connectivity index (χ0v) is 15.3. The average molecular weight is 434 g/mol. The predicted molar refractivity (Wildman–Crippen MR) is 102 cm³/mol. The molecule has 0 aliphatic carbocycles. The summed E-state index contributed by atoms with van der Waals surface area (Å²) in [5, 5.41) is 3.98. The Kier molecular flexibility index (Phi) is 4.79. The number of halogens is 1. The fourth-order valence-electron chi connectivity index (χ4n) is 2.16. The third-order valence-electron chi connectivity index (χ3n) is 3.43. The van der Waals surface area contributed by atoms with Gasteiger partial charge in [-0.1, -0.05) is 12.1 Å². The fraction of sp³-hybridized carbons (Fsp3) is 0.118. The molecule has 0 spiro atoms. The number of carbonyl (C=O) groups is 1. The van der Waals surface area contributed by atoms with Gasteiger partial charge in [0.05, 0.1) is 18.5 Å². The smallest absolute Gasteiger partial charge is 0.353 e. The van der Waals surface area contributed by atoms with Crippen molar-refractivity contribution in [3.05, 3.63) is 52.4 Å². The SMILES string of the molecule is COC(=O)/C(C)=N\Nc1ccc(-c2cn3cc(I)ccc3n2)cc1. The van der Waals surface area contributed by atoms with Crippen LogP contribution in [0.4, 0.5) is 5.69 Å². The number of aromatic nitrogens is 2. The number of hydrogen-bond acceptors (Lipinski definition) is 5. The van der Waals surface area contributed by atoms with Crippen molar-refractivity contribution in [3.8, 4) is 11.3 Å². The molecule has 1 N–H and O–H groups in total. The Labute approximate surface area is 152 Å². The Morgan fingerprint density at radius 1 is 1.21 bits per heavy atom. The number of carbonyl (C=O) groups excluding carboxylic acids is 1. The molecule has 2 heterocycles. The molecule has 122 valence electrons. The summed E-state index contributed by atoms with van der Waals surface area (Å²) in [5.74, 6) is -0.460. The van der Waals surface area contributed by atoms with Crippen LogP contribution in [0.25, 0.3) is 16.9 Å². The topological polar surface area (TPSA) is 68.0 Å². The lowest BCUT2D eigenvalue weighted by Gasteiger charge is -2.03. The molecule has 3 rings (SSSR count). The number of hydrazone groups is 1. The van der Waals surface area contributed by atoms with E-state index in [9.17, 15) is 4.79 Å². The van der Waals surface area contributed by atoms with Crippen molar-refractivity contribution in [2.75, 3.05) is 12.5 Å². The van der Waals surface area contributed by atoms with E-state index < -0.39 is 5.97 Å². The third kappa shape index (κ3) is 3.56. The van der Waals surface area contributed by atoms with Gasteiger partial charge in [0.25, 0.3) is 0 Å². The number of anilines is 1. The van der Waals surface area contributed by atoms with Crippen LogP contribution in [0.5, 0.6) is 0 Å². The Morgan fingerprint density at radius 2 is 1.96 bits per heavy atom. The van der Waals surface area contributed by atoms with Crippen LogP contribution < -0.4 is 5.43 Å². The summed E-state index contributed by atoms with van der Waals surface area (Å²) >= 11 is 2.28. The first-order valence-corrected chi connectivity index (χ1v) is 8.28. The van der Waals surface area contributed by atoms with Gasteiger partial charge in [-0.25, -0.2) is 9.78 Å². The molecule has 7 heteroatoms. The number of benzene rings is 1. The highest BCUT2D eigenvalue weighted by Crippen LogP contribution is 2.22. The van der Waals surface area contributed by atoms with Gasteiger partial charge in [0.15, 0.2) is 0 Å². The fourth-order valence-corrected chi connectivity index (χ4v) is 2.64. The van der Waals surface area contributed by atoms with Crippen molar-refractivity contribution in [1.29, 1.82) is 0 Å². The summed E-state index contributed by atoms with van der Waals surface area (Å²) in [6.45, 7) is 1.59. The lowest BCUT2D eigenvalue weighted by molar-refractivity contribution is -0.132. The van der Waals surface area contributed by atoms with E-state index in [0.717, 1.165) is 26.2 Å². The van der Waals surface area contributed by atoms with Crippen molar-refractivity contribution in [1.82, 2.24) is 9.38 Å². The quantitative estimate of drug-likeness (QED) is 0.295. The monoisotopic (exact) mass is 434 g/mol. The lowest BCUT2D eigenvalue weighted by atomic mass is 10.1. The van der Waals surface area contributed by atoms with Gasteiger partial charge < -0.3 is 9.14 Å². The minimum absolute atomic E-state index is 0.261. The number of nitrogens with one attached hydrogen (secondary N) is 1. The first-order valence-electron chi connectivity index (χ1n) is 7.20. The van der Waals surface area contributed by atoms with E-state index in [1.807, 2.05) is 53.2 Å². The van der Waals surface area contributed by atoms with Crippen molar-refractivity contribution in [3.63, 3.8) is 0 Å². The van der Waals surface area contributed by atoms with Crippen molar-refractivity contribution in [2.24, 2.45) is 5.10 Å². The number of methoxy groups -OCH3 is 1. The van der Waals surface area contributed by atoms with Crippen molar-refractivity contribution < 1.29 is 9.53 Å². The number of esters is 1. The van der Waals surface area contributed by atoms with E-state index in [0.29, 0.717) is 0 Å². The van der Waals surface area contributed by atoms with Crippen LogP contribution in [-0.4, -0.2) is 28.2 Å². The summed E-state index contributed by atoms with van der Waals surface area (Å²) in [5.41, 5.74) is 6.69. The van der Waals surface area contributed by atoms with Gasteiger partial charge >= 0.3 is 5.97 Å². The first-order chi connectivity index (χ1) is 11.6. The van der Waals surface area contributed by atoms with Crippen LogP contribution in [0.15, 0.2) is 53.9 Å². The normalized spacial score (nSPS) is 11.5. The second kappa shape index (κ2) is 7.00. The zero-order chi connectivity index (χ0) is 17.1. The maximum absolute atomic E-state index is 11.3. The van der Waals surface area contributed by atoms with E-state index >= 15 is 0 Å². The highest BCUT2D eigenvalue weighted by atomic mass is 127. The molecule has 0 unspecified atom stereocenters. The summed E-state index contributed by atoms with van der Waals surface area (Å²) in [6, 6.07) is 11.7. The molecular weight excluding hydrogens is 419 g/mol. The second-order valence-corrected chi connectivity index (χ2v) is 6.36. The minimum Gasteiger partial charge on any atom is -0.464 e. The number of fused-ring (bicyclic) bond motifs is 1. The molecule has 0 amide bonds. The van der Waals surface area contributed by atoms with Crippen LogP contribution in [0.1, 0.15) is 6.92 Å². The summed E-state index contributed by atoms with van der Waals surface area (Å²) < 4.78 is 7.76. The number of hydrogen-bond donors (Lipinski definition) is 1. The molecule has 0 saturated carbocycles. The highest BCUT2D eigenvalue weighted by Gasteiger charge is 2.06. The standard InChI is InChI=1S/C17H15IN4O2/c1-11(17(23)24-2)20-21-14-6-3-12(4-7-14)15-10-22-9-13(18)5-8-16(22)19-15/h3-10,21H,1-2H3/b20-11-. The van der Waals surface area contributed by atoms with Crippen LogP contribution in [-0.2, 0) is 9.53 Å². The number of rotatable bonds is 4. The van der Waals surface area contributed by atoms with E-state index in [-0.39, 0.29) is 5.71 Å². The molecule has 0 bridgehead atoms. The summed E-state index contributed by atoms with van der Waals surface area (Å²) in [7, 11) is 1.33.